The van der Waals surface area contributed by atoms with Crippen molar-refractivity contribution in [1.82, 2.24) is 0 Å². The van der Waals surface area contributed by atoms with Crippen molar-refractivity contribution < 1.29 is 14.7 Å². The summed E-state index contributed by atoms with van der Waals surface area (Å²) in [7, 11) is 0. The van der Waals surface area contributed by atoms with Crippen LogP contribution < -0.4 is 0 Å². The average molecular weight is 330 g/mol. The summed E-state index contributed by atoms with van der Waals surface area (Å²) in [5.41, 5.74) is 1.41. The number of aliphatic hydroxyl groups excluding tert-OH is 1. The number of hydrogen-bond donors (Lipinski definition) is 1. The van der Waals surface area contributed by atoms with Crippen molar-refractivity contribution in [3.8, 4) is 0 Å². The molecule has 0 aromatic heterocycles. The van der Waals surface area contributed by atoms with E-state index in [1.54, 1.807) is 6.92 Å². The second kappa shape index (κ2) is 5.27. The van der Waals surface area contributed by atoms with Gasteiger partial charge in [-0.3, -0.25) is 9.59 Å². The molecule has 0 bridgehead atoms. The van der Waals surface area contributed by atoms with Crippen LogP contribution in [0.1, 0.15) is 65.7 Å². The van der Waals surface area contributed by atoms with Gasteiger partial charge in [0.1, 0.15) is 5.78 Å². The van der Waals surface area contributed by atoms with Gasteiger partial charge < -0.3 is 5.11 Å². The summed E-state index contributed by atoms with van der Waals surface area (Å²) < 4.78 is 0. The number of allylic oxidation sites excluding steroid dienone is 2. The van der Waals surface area contributed by atoms with Crippen LogP contribution in [0.3, 0.4) is 0 Å². The van der Waals surface area contributed by atoms with Crippen LogP contribution in [-0.2, 0) is 9.59 Å². The lowest BCUT2D eigenvalue weighted by molar-refractivity contribution is -0.132. The summed E-state index contributed by atoms with van der Waals surface area (Å²) in [6.45, 7) is 6.32. The molecule has 3 saturated carbocycles. The molecular weight excluding hydrogens is 300 g/mol. The van der Waals surface area contributed by atoms with Crippen LogP contribution in [0.25, 0.3) is 0 Å². The van der Waals surface area contributed by atoms with Crippen molar-refractivity contribution in [2.75, 3.05) is 0 Å². The average Bonchev–Trinajstić information content (AvgIpc) is 2.87. The van der Waals surface area contributed by atoms with Gasteiger partial charge in [0.15, 0.2) is 5.78 Å². The number of ketones is 2. The summed E-state index contributed by atoms with van der Waals surface area (Å²) in [5, 5.41) is 10.1. The van der Waals surface area contributed by atoms with Crippen molar-refractivity contribution in [3.05, 3.63) is 11.6 Å². The number of rotatable bonds is 1. The summed E-state index contributed by atoms with van der Waals surface area (Å²) in [5.74, 6) is 1.59. The molecule has 0 aliphatic heterocycles. The lowest BCUT2D eigenvalue weighted by atomic mass is 9.47. The van der Waals surface area contributed by atoms with Gasteiger partial charge in [0.25, 0.3) is 0 Å². The highest BCUT2D eigenvalue weighted by Crippen LogP contribution is 2.65. The molecule has 3 nitrogen and oxygen atoms in total. The van der Waals surface area contributed by atoms with Crippen LogP contribution in [-0.4, -0.2) is 22.8 Å². The molecule has 4 rings (SSSR count). The maximum absolute atomic E-state index is 12.9. The number of carbonyl (C=O) groups excluding carboxylic acids is 2. The van der Waals surface area contributed by atoms with Crippen molar-refractivity contribution >= 4 is 11.6 Å². The number of Topliss-reactive ketones (excluding diaryl/α,β-unsaturated/α-hetero) is 1. The van der Waals surface area contributed by atoms with Gasteiger partial charge in [0.2, 0.25) is 0 Å². The predicted molar refractivity (Wildman–Crippen MR) is 92.3 cm³/mol. The molecule has 3 heteroatoms. The highest BCUT2D eigenvalue weighted by Gasteiger charge is 2.59. The lowest BCUT2D eigenvalue weighted by Gasteiger charge is -2.56. The fraction of sp³-hybridized carbons (Fsp3) is 0.810. The van der Waals surface area contributed by atoms with E-state index in [4.69, 9.17) is 0 Å². The van der Waals surface area contributed by atoms with Gasteiger partial charge in [-0.15, -0.1) is 0 Å². The lowest BCUT2D eigenvalue weighted by Crippen LogP contribution is -2.52. The fourth-order valence-corrected chi connectivity index (χ4v) is 7.01. The Morgan fingerprint density at radius 1 is 1.04 bits per heavy atom. The molecule has 0 aromatic carbocycles. The summed E-state index contributed by atoms with van der Waals surface area (Å²) in [4.78, 5) is 25.0. The van der Waals surface area contributed by atoms with Gasteiger partial charge in [-0.2, -0.15) is 0 Å². The summed E-state index contributed by atoms with van der Waals surface area (Å²) in [6, 6.07) is 0. The van der Waals surface area contributed by atoms with E-state index in [0.717, 1.165) is 38.5 Å². The molecule has 132 valence electrons. The molecule has 24 heavy (non-hydrogen) atoms. The Morgan fingerprint density at radius 2 is 1.71 bits per heavy atom. The van der Waals surface area contributed by atoms with Gasteiger partial charge in [0, 0.05) is 11.8 Å². The molecule has 4 aliphatic rings. The zero-order valence-corrected chi connectivity index (χ0v) is 15.2. The minimum absolute atomic E-state index is 0.00985. The summed E-state index contributed by atoms with van der Waals surface area (Å²) in [6.07, 6.45) is 8.26. The Labute approximate surface area is 144 Å². The molecule has 0 saturated heterocycles. The quantitative estimate of drug-likeness (QED) is 0.797. The van der Waals surface area contributed by atoms with Crippen LogP contribution in [0, 0.1) is 34.5 Å². The van der Waals surface area contributed by atoms with Crippen molar-refractivity contribution in [1.29, 1.82) is 0 Å². The van der Waals surface area contributed by atoms with Crippen molar-refractivity contribution in [3.63, 3.8) is 0 Å². The van der Waals surface area contributed by atoms with E-state index >= 15 is 0 Å². The van der Waals surface area contributed by atoms with Crippen LogP contribution in [0.2, 0.25) is 0 Å². The van der Waals surface area contributed by atoms with E-state index in [1.165, 1.54) is 5.57 Å². The molecule has 0 spiro atoms. The maximum Gasteiger partial charge on any atom is 0.159 e. The first-order valence-electron chi connectivity index (χ1n) is 9.71. The molecule has 0 radical (unpaired) electrons. The third-order valence-corrected chi connectivity index (χ3v) is 8.37. The molecule has 0 amide bonds. The van der Waals surface area contributed by atoms with Crippen molar-refractivity contribution in [2.24, 2.45) is 34.5 Å². The summed E-state index contributed by atoms with van der Waals surface area (Å²) >= 11 is 0. The topological polar surface area (TPSA) is 54.4 Å². The van der Waals surface area contributed by atoms with Crippen LogP contribution >= 0.6 is 0 Å². The molecule has 0 aromatic rings. The minimum atomic E-state index is -0.315. The monoisotopic (exact) mass is 330 g/mol. The Kier molecular flexibility index (Phi) is 3.62. The van der Waals surface area contributed by atoms with E-state index in [0.29, 0.717) is 24.0 Å². The fourth-order valence-electron chi connectivity index (χ4n) is 7.01. The van der Waals surface area contributed by atoms with E-state index in [-0.39, 0.29) is 34.6 Å². The molecule has 4 aliphatic carbocycles. The molecular formula is C21H30O3. The Balaban J connectivity index is 1.73. The zero-order chi connectivity index (χ0) is 17.3. The van der Waals surface area contributed by atoms with Crippen LogP contribution in [0.5, 0.6) is 0 Å². The second-order valence-corrected chi connectivity index (χ2v) is 9.42. The SMILES string of the molecule is CC(=O)[C@H]1CC[C@H]2C3=CC(=O)[C@H]4C[C@H](O)CC[C@]4(C)[C@H]3CC[C@]12C. The Hall–Kier alpha value is -0.960. The minimum Gasteiger partial charge on any atom is -0.393 e. The smallest absolute Gasteiger partial charge is 0.159 e. The number of fused-ring (bicyclic) bond motifs is 5. The second-order valence-electron chi connectivity index (χ2n) is 9.42. The first-order chi connectivity index (χ1) is 11.3. The number of aliphatic hydroxyl groups is 1. The molecule has 1 N–H and O–H groups in total. The molecule has 7 atom stereocenters. The zero-order valence-electron chi connectivity index (χ0n) is 15.2. The van der Waals surface area contributed by atoms with E-state index in [2.05, 4.69) is 13.8 Å². The predicted octanol–water partition coefficient (Wildman–Crippen LogP) is 3.69. The first-order valence-corrected chi connectivity index (χ1v) is 9.71. The molecule has 0 unspecified atom stereocenters. The van der Waals surface area contributed by atoms with E-state index in [9.17, 15) is 14.7 Å². The number of hydrogen-bond acceptors (Lipinski definition) is 3. The van der Waals surface area contributed by atoms with Gasteiger partial charge >= 0.3 is 0 Å². The Morgan fingerprint density at radius 3 is 2.42 bits per heavy atom. The largest absolute Gasteiger partial charge is 0.393 e. The van der Waals surface area contributed by atoms with E-state index in [1.807, 2.05) is 6.08 Å². The third-order valence-electron chi connectivity index (χ3n) is 8.37. The number of carbonyl (C=O) groups is 2. The molecule has 0 heterocycles. The van der Waals surface area contributed by atoms with Crippen molar-refractivity contribution in [2.45, 2.75) is 71.8 Å². The third kappa shape index (κ3) is 2.06. The standard InChI is InChI=1S/C21H30O3/c1-12(22)15-4-5-16-14-11-19(24)18-10-13(23)6-8-21(18,3)17(14)7-9-20(15,16)2/h11,13,15-18,23H,4-10H2,1-3H3/t13-,15-,16+,17+,18-,20-,21-/m1/s1. The maximum atomic E-state index is 12.9. The van der Waals surface area contributed by atoms with Gasteiger partial charge in [-0.1, -0.05) is 19.4 Å². The van der Waals surface area contributed by atoms with Gasteiger partial charge in [-0.25, -0.2) is 0 Å². The highest BCUT2D eigenvalue weighted by atomic mass is 16.3. The normalized spacial score (nSPS) is 50.6. The van der Waals surface area contributed by atoms with Gasteiger partial charge in [0.05, 0.1) is 6.10 Å². The van der Waals surface area contributed by atoms with Crippen LogP contribution in [0.15, 0.2) is 11.6 Å². The first kappa shape index (κ1) is 16.5. The van der Waals surface area contributed by atoms with Crippen LogP contribution in [0.4, 0.5) is 0 Å². The highest BCUT2D eigenvalue weighted by molar-refractivity contribution is 5.94. The Bertz CT molecular complexity index is 621. The molecule has 3 fully saturated rings. The van der Waals surface area contributed by atoms with Gasteiger partial charge in [-0.05, 0) is 80.6 Å². The van der Waals surface area contributed by atoms with E-state index < -0.39 is 0 Å².